The molecule has 0 amide bonds. The molecular weight excluding hydrogens is 280 g/mol. The summed E-state index contributed by atoms with van der Waals surface area (Å²) in [6.07, 6.45) is 4.37. The lowest BCUT2D eigenvalue weighted by Crippen LogP contribution is -3.09. The number of nitrogens with zero attached hydrogens (tertiary/aromatic N) is 3. The summed E-state index contributed by atoms with van der Waals surface area (Å²) in [7, 11) is 0. The summed E-state index contributed by atoms with van der Waals surface area (Å²) >= 11 is 11.5. The predicted octanol–water partition coefficient (Wildman–Crippen LogP) is 1.69. The number of benzene rings is 1. The van der Waals surface area contributed by atoms with Crippen LogP contribution in [0.3, 0.4) is 0 Å². The summed E-state index contributed by atoms with van der Waals surface area (Å²) in [5.41, 5.74) is 0.958. The average molecular weight is 296 g/mol. The van der Waals surface area contributed by atoms with Crippen molar-refractivity contribution >= 4 is 23.8 Å². The number of halogens is 1. The molecule has 0 atom stereocenters. The molecule has 4 nitrogen and oxygen atoms in total. The fraction of sp³-hybridized carbons (Fsp3) is 0.385. The number of hydrogen-bond acceptors (Lipinski definition) is 2. The van der Waals surface area contributed by atoms with Gasteiger partial charge in [0.25, 0.3) is 0 Å². The molecule has 19 heavy (non-hydrogen) atoms. The van der Waals surface area contributed by atoms with E-state index in [-0.39, 0.29) is 0 Å². The lowest BCUT2D eigenvalue weighted by molar-refractivity contribution is -0.911. The van der Waals surface area contributed by atoms with Crippen molar-refractivity contribution in [2.75, 3.05) is 13.1 Å². The number of nitrogens with one attached hydrogen (secondary N) is 1. The van der Waals surface area contributed by atoms with E-state index < -0.39 is 0 Å². The van der Waals surface area contributed by atoms with Crippen LogP contribution >= 0.6 is 23.8 Å². The summed E-state index contributed by atoms with van der Waals surface area (Å²) in [5, 5.41) is 5.10. The highest BCUT2D eigenvalue weighted by Gasteiger charge is 2.17. The normalized spacial score (nSPS) is 16.1. The van der Waals surface area contributed by atoms with Crippen LogP contribution in [0.15, 0.2) is 30.6 Å². The Labute approximate surface area is 122 Å². The fourth-order valence-corrected chi connectivity index (χ4v) is 2.94. The first kappa shape index (κ1) is 12.8. The summed E-state index contributed by atoms with van der Waals surface area (Å²) in [6, 6.07) is 7.65. The van der Waals surface area contributed by atoms with Gasteiger partial charge in [-0.15, -0.1) is 0 Å². The van der Waals surface area contributed by atoms with Crippen molar-refractivity contribution in [2.45, 2.75) is 19.5 Å². The Hall–Kier alpha value is -1.17. The Morgan fingerprint density at radius 3 is 2.84 bits per heavy atom. The topological polar surface area (TPSA) is 27.2 Å². The first-order chi connectivity index (χ1) is 9.24. The minimum absolute atomic E-state index is 0.706. The molecule has 100 valence electrons. The highest BCUT2D eigenvalue weighted by molar-refractivity contribution is 7.71. The largest absolute Gasteiger partial charge is 0.316 e. The van der Waals surface area contributed by atoms with Crippen LogP contribution in [-0.2, 0) is 6.67 Å². The van der Waals surface area contributed by atoms with E-state index in [1.165, 1.54) is 25.9 Å². The predicted molar refractivity (Wildman–Crippen MR) is 77.3 cm³/mol. The van der Waals surface area contributed by atoms with E-state index in [0.717, 1.165) is 17.1 Å². The van der Waals surface area contributed by atoms with Gasteiger partial charge in [-0.1, -0.05) is 17.7 Å². The highest BCUT2D eigenvalue weighted by Crippen LogP contribution is 2.14. The Bertz CT molecular complexity index is 628. The quantitative estimate of drug-likeness (QED) is 0.873. The van der Waals surface area contributed by atoms with Gasteiger partial charge in [-0.2, -0.15) is 9.78 Å². The molecule has 3 rings (SSSR count). The summed E-state index contributed by atoms with van der Waals surface area (Å²) < 4.78 is 4.52. The second-order valence-electron chi connectivity index (χ2n) is 4.88. The van der Waals surface area contributed by atoms with Gasteiger partial charge in [0.1, 0.15) is 6.33 Å². The van der Waals surface area contributed by atoms with E-state index in [0.29, 0.717) is 5.02 Å². The van der Waals surface area contributed by atoms with Crippen LogP contribution in [0.4, 0.5) is 0 Å². The van der Waals surface area contributed by atoms with Gasteiger partial charge in [-0.25, -0.2) is 0 Å². The maximum atomic E-state index is 6.01. The first-order valence-electron chi connectivity index (χ1n) is 6.48. The van der Waals surface area contributed by atoms with Crippen molar-refractivity contribution in [2.24, 2.45) is 0 Å². The molecule has 0 spiro atoms. The van der Waals surface area contributed by atoms with Crippen LogP contribution in [0.25, 0.3) is 5.69 Å². The molecule has 0 aliphatic carbocycles. The SMILES string of the molecule is S=c1n(-c2cccc(Cl)c2)cnn1C[NH+]1CCCC1. The minimum Gasteiger partial charge on any atom is -0.316 e. The van der Waals surface area contributed by atoms with Crippen LogP contribution in [0.2, 0.25) is 5.02 Å². The molecule has 2 heterocycles. The van der Waals surface area contributed by atoms with Crippen LogP contribution < -0.4 is 4.90 Å². The zero-order valence-corrected chi connectivity index (χ0v) is 12.1. The molecule has 0 radical (unpaired) electrons. The molecule has 0 unspecified atom stereocenters. The Balaban J connectivity index is 1.88. The maximum absolute atomic E-state index is 6.01. The van der Waals surface area contributed by atoms with Gasteiger partial charge in [0.2, 0.25) is 4.77 Å². The van der Waals surface area contributed by atoms with Gasteiger partial charge < -0.3 is 4.90 Å². The standard InChI is InChI=1S/C13H15ClN4S/c14-11-4-3-5-12(8-11)17-9-15-18(13(17)19)10-16-6-1-2-7-16/h3-5,8-9H,1-2,6-7,10H2/p+1. The number of quaternary nitrogens is 1. The third-order valence-electron chi connectivity index (χ3n) is 3.50. The second-order valence-corrected chi connectivity index (χ2v) is 5.68. The van der Waals surface area contributed by atoms with Crippen LogP contribution in [-0.4, -0.2) is 27.4 Å². The van der Waals surface area contributed by atoms with Crippen LogP contribution in [0, 0.1) is 4.77 Å². The smallest absolute Gasteiger partial charge is 0.207 e. The third-order valence-corrected chi connectivity index (χ3v) is 4.15. The molecule has 2 aromatic rings. The summed E-state index contributed by atoms with van der Waals surface area (Å²) in [5.74, 6) is 0. The molecule has 1 aromatic carbocycles. The fourth-order valence-electron chi connectivity index (χ4n) is 2.49. The molecule has 1 aliphatic rings. The zero-order chi connectivity index (χ0) is 13.2. The molecule has 1 aromatic heterocycles. The van der Waals surface area contributed by atoms with Gasteiger partial charge in [-0.3, -0.25) is 4.57 Å². The number of hydrogen-bond donors (Lipinski definition) is 1. The third kappa shape index (κ3) is 2.73. The molecule has 0 bridgehead atoms. The van der Waals surface area contributed by atoms with E-state index in [1.54, 1.807) is 11.2 Å². The van der Waals surface area contributed by atoms with Crippen molar-refractivity contribution in [1.82, 2.24) is 14.3 Å². The molecule has 6 heteroatoms. The van der Waals surface area contributed by atoms with E-state index in [2.05, 4.69) is 5.10 Å². The van der Waals surface area contributed by atoms with Crippen molar-refractivity contribution in [1.29, 1.82) is 0 Å². The van der Waals surface area contributed by atoms with Gasteiger partial charge in [0.15, 0.2) is 6.67 Å². The molecule has 1 saturated heterocycles. The summed E-state index contributed by atoms with van der Waals surface area (Å²) in [6.45, 7) is 3.28. The molecule has 1 fully saturated rings. The maximum Gasteiger partial charge on any atom is 0.207 e. The lowest BCUT2D eigenvalue weighted by Gasteiger charge is -2.11. The van der Waals surface area contributed by atoms with Gasteiger partial charge in [0, 0.05) is 17.9 Å². The van der Waals surface area contributed by atoms with Crippen LogP contribution in [0.1, 0.15) is 12.8 Å². The molecule has 1 aliphatic heterocycles. The molecule has 1 N–H and O–H groups in total. The minimum atomic E-state index is 0.706. The zero-order valence-electron chi connectivity index (χ0n) is 10.6. The van der Waals surface area contributed by atoms with Crippen LogP contribution in [0.5, 0.6) is 0 Å². The van der Waals surface area contributed by atoms with E-state index >= 15 is 0 Å². The van der Waals surface area contributed by atoms with Gasteiger partial charge in [0.05, 0.1) is 18.8 Å². The molecule has 0 saturated carbocycles. The van der Waals surface area contributed by atoms with E-state index in [9.17, 15) is 0 Å². The number of likely N-dealkylation sites (tertiary alicyclic amines) is 1. The van der Waals surface area contributed by atoms with Crippen molar-refractivity contribution < 1.29 is 4.90 Å². The number of aromatic nitrogens is 3. The second kappa shape index (κ2) is 5.45. The monoisotopic (exact) mass is 295 g/mol. The Morgan fingerprint density at radius 2 is 2.11 bits per heavy atom. The Morgan fingerprint density at radius 1 is 1.32 bits per heavy atom. The first-order valence-corrected chi connectivity index (χ1v) is 7.26. The van der Waals surface area contributed by atoms with Crippen molar-refractivity contribution in [3.8, 4) is 5.69 Å². The van der Waals surface area contributed by atoms with Crippen molar-refractivity contribution in [3.63, 3.8) is 0 Å². The van der Waals surface area contributed by atoms with Crippen molar-refractivity contribution in [3.05, 3.63) is 40.4 Å². The van der Waals surface area contributed by atoms with E-state index in [1.807, 2.05) is 33.5 Å². The molecular formula is C13H16ClN4S+. The van der Waals surface area contributed by atoms with E-state index in [4.69, 9.17) is 23.8 Å². The summed E-state index contributed by atoms with van der Waals surface area (Å²) in [4.78, 5) is 1.55. The average Bonchev–Trinajstić information content (AvgIpc) is 3.01. The Kier molecular flexibility index (Phi) is 3.68. The van der Waals surface area contributed by atoms with Gasteiger partial charge >= 0.3 is 0 Å². The number of rotatable bonds is 3. The highest BCUT2D eigenvalue weighted by atomic mass is 35.5. The van der Waals surface area contributed by atoms with Gasteiger partial charge in [-0.05, 0) is 30.4 Å². The lowest BCUT2D eigenvalue weighted by atomic mass is 10.3.